The van der Waals surface area contributed by atoms with Gasteiger partial charge in [0.15, 0.2) is 0 Å². The number of para-hydroxylation sites is 1. The highest BCUT2D eigenvalue weighted by atomic mass is 16.1. The van der Waals surface area contributed by atoms with E-state index in [9.17, 15) is 4.79 Å². The van der Waals surface area contributed by atoms with Crippen LogP contribution >= 0.6 is 0 Å². The lowest BCUT2D eigenvalue weighted by atomic mass is 10.1. The number of nitrogens with zero attached hydrogens (tertiary/aromatic N) is 1. The second kappa shape index (κ2) is 6.22. The van der Waals surface area contributed by atoms with Crippen LogP contribution in [0, 0.1) is 0 Å². The molecule has 2 N–H and O–H groups in total. The molecular weight excluding hydrogens is 262 g/mol. The fourth-order valence-corrected chi connectivity index (χ4v) is 2.51. The molecule has 0 unspecified atom stereocenters. The number of hydrogen-bond acceptors (Lipinski definition) is 3. The maximum absolute atomic E-state index is 12.5. The Labute approximate surface area is 125 Å². The van der Waals surface area contributed by atoms with Gasteiger partial charge in [0.2, 0.25) is 0 Å². The Bertz CT molecular complexity index is 650. The summed E-state index contributed by atoms with van der Waals surface area (Å²) in [6.45, 7) is 4.41. The van der Waals surface area contributed by atoms with Gasteiger partial charge in [0, 0.05) is 30.1 Å². The molecule has 3 rings (SSSR count). The molecule has 1 amide bonds. The smallest absolute Gasteiger partial charge is 0.252 e. The van der Waals surface area contributed by atoms with Crippen molar-refractivity contribution < 1.29 is 4.79 Å². The molecule has 110 valence electrons. The van der Waals surface area contributed by atoms with E-state index in [2.05, 4.69) is 17.6 Å². The molecule has 21 heavy (non-hydrogen) atoms. The molecule has 0 bridgehead atoms. The molecule has 1 aliphatic carbocycles. The SMILES string of the molecule is CCNCCNC(=O)c1cc(C2CC2)nc2ccccc12. The van der Waals surface area contributed by atoms with Crippen molar-refractivity contribution in [3.05, 3.63) is 41.6 Å². The highest BCUT2D eigenvalue weighted by molar-refractivity contribution is 6.06. The maximum atomic E-state index is 12.5. The van der Waals surface area contributed by atoms with Gasteiger partial charge >= 0.3 is 0 Å². The lowest BCUT2D eigenvalue weighted by molar-refractivity contribution is 0.0955. The van der Waals surface area contributed by atoms with Crippen LogP contribution in [0.25, 0.3) is 10.9 Å². The van der Waals surface area contributed by atoms with E-state index in [1.165, 1.54) is 12.8 Å². The van der Waals surface area contributed by atoms with Gasteiger partial charge in [0.25, 0.3) is 5.91 Å². The molecule has 4 heteroatoms. The zero-order valence-electron chi connectivity index (χ0n) is 12.4. The Morgan fingerprint density at radius 2 is 2.10 bits per heavy atom. The van der Waals surface area contributed by atoms with Crippen LogP contribution in [-0.2, 0) is 0 Å². The van der Waals surface area contributed by atoms with E-state index in [-0.39, 0.29) is 5.91 Å². The molecule has 0 atom stereocenters. The Morgan fingerprint density at radius 1 is 1.29 bits per heavy atom. The summed E-state index contributed by atoms with van der Waals surface area (Å²) in [6.07, 6.45) is 2.37. The van der Waals surface area contributed by atoms with Crippen LogP contribution in [0.5, 0.6) is 0 Å². The summed E-state index contributed by atoms with van der Waals surface area (Å²) in [4.78, 5) is 17.1. The van der Waals surface area contributed by atoms with E-state index in [1.807, 2.05) is 30.3 Å². The number of aromatic nitrogens is 1. The second-order valence-electron chi connectivity index (χ2n) is 5.50. The van der Waals surface area contributed by atoms with E-state index in [1.54, 1.807) is 0 Å². The van der Waals surface area contributed by atoms with Gasteiger partial charge in [-0.2, -0.15) is 0 Å². The number of amides is 1. The molecule has 0 spiro atoms. The first-order chi connectivity index (χ1) is 10.3. The molecule has 1 aromatic carbocycles. The van der Waals surface area contributed by atoms with Crippen LogP contribution in [0.1, 0.15) is 41.7 Å². The molecule has 1 heterocycles. The third kappa shape index (κ3) is 3.22. The predicted octanol–water partition coefficient (Wildman–Crippen LogP) is 2.45. The number of nitrogens with one attached hydrogen (secondary N) is 2. The Hall–Kier alpha value is -1.94. The topological polar surface area (TPSA) is 54.0 Å². The van der Waals surface area contributed by atoms with Crippen LogP contribution in [0.2, 0.25) is 0 Å². The average molecular weight is 283 g/mol. The lowest BCUT2D eigenvalue weighted by Gasteiger charge is -2.10. The largest absolute Gasteiger partial charge is 0.351 e. The lowest BCUT2D eigenvalue weighted by Crippen LogP contribution is -2.31. The van der Waals surface area contributed by atoms with Crippen LogP contribution in [0.15, 0.2) is 30.3 Å². The highest BCUT2D eigenvalue weighted by Gasteiger charge is 2.26. The van der Waals surface area contributed by atoms with E-state index >= 15 is 0 Å². The van der Waals surface area contributed by atoms with Crippen molar-refractivity contribution in [2.75, 3.05) is 19.6 Å². The fourth-order valence-electron chi connectivity index (χ4n) is 2.51. The summed E-state index contributed by atoms with van der Waals surface area (Å²) < 4.78 is 0. The molecule has 1 aliphatic rings. The summed E-state index contributed by atoms with van der Waals surface area (Å²) >= 11 is 0. The van der Waals surface area contributed by atoms with Crippen molar-refractivity contribution in [2.45, 2.75) is 25.7 Å². The molecule has 1 saturated carbocycles. The van der Waals surface area contributed by atoms with Gasteiger partial charge in [-0.3, -0.25) is 9.78 Å². The second-order valence-corrected chi connectivity index (χ2v) is 5.50. The fraction of sp³-hybridized carbons (Fsp3) is 0.412. The summed E-state index contributed by atoms with van der Waals surface area (Å²) in [5, 5.41) is 7.12. The molecule has 0 radical (unpaired) electrons. The first kappa shape index (κ1) is 14.0. The van der Waals surface area contributed by atoms with E-state index in [4.69, 9.17) is 4.98 Å². The number of hydrogen-bond donors (Lipinski definition) is 2. The number of rotatable bonds is 6. The van der Waals surface area contributed by atoms with E-state index in [0.717, 1.165) is 35.2 Å². The van der Waals surface area contributed by atoms with Gasteiger partial charge in [0.05, 0.1) is 11.1 Å². The standard InChI is InChI=1S/C17H21N3O/c1-2-18-9-10-19-17(21)14-11-16(12-7-8-12)20-15-6-4-3-5-13(14)15/h3-6,11-12,18H,2,7-10H2,1H3,(H,19,21). The van der Waals surface area contributed by atoms with E-state index in [0.29, 0.717) is 12.5 Å². The van der Waals surface area contributed by atoms with Crippen molar-refractivity contribution in [3.63, 3.8) is 0 Å². The first-order valence-electron chi connectivity index (χ1n) is 7.68. The third-order valence-corrected chi connectivity index (χ3v) is 3.81. The van der Waals surface area contributed by atoms with Crippen molar-refractivity contribution in [1.82, 2.24) is 15.6 Å². The molecule has 1 fully saturated rings. The minimum Gasteiger partial charge on any atom is -0.351 e. The number of likely N-dealkylation sites (N-methyl/N-ethyl adjacent to an activating group) is 1. The number of carbonyl (C=O) groups is 1. The van der Waals surface area contributed by atoms with Crippen LogP contribution in [0.3, 0.4) is 0 Å². The summed E-state index contributed by atoms with van der Waals surface area (Å²) in [5.41, 5.74) is 2.73. The van der Waals surface area contributed by atoms with Gasteiger partial charge in [0.1, 0.15) is 0 Å². The van der Waals surface area contributed by atoms with Gasteiger partial charge < -0.3 is 10.6 Å². The molecule has 0 saturated heterocycles. The molecule has 0 aliphatic heterocycles. The number of carbonyl (C=O) groups excluding carboxylic acids is 1. The minimum absolute atomic E-state index is 0.00611. The van der Waals surface area contributed by atoms with Crippen molar-refractivity contribution >= 4 is 16.8 Å². The van der Waals surface area contributed by atoms with Crippen LogP contribution in [0.4, 0.5) is 0 Å². The van der Waals surface area contributed by atoms with Crippen molar-refractivity contribution in [1.29, 1.82) is 0 Å². The van der Waals surface area contributed by atoms with Crippen LogP contribution < -0.4 is 10.6 Å². The van der Waals surface area contributed by atoms with Gasteiger partial charge in [-0.15, -0.1) is 0 Å². The zero-order valence-corrected chi connectivity index (χ0v) is 12.4. The molecule has 1 aromatic heterocycles. The third-order valence-electron chi connectivity index (χ3n) is 3.81. The minimum atomic E-state index is -0.00611. The van der Waals surface area contributed by atoms with Crippen molar-refractivity contribution in [2.24, 2.45) is 0 Å². The summed E-state index contributed by atoms with van der Waals surface area (Å²) in [6, 6.07) is 9.85. The first-order valence-corrected chi connectivity index (χ1v) is 7.68. The van der Waals surface area contributed by atoms with Crippen LogP contribution in [-0.4, -0.2) is 30.5 Å². The van der Waals surface area contributed by atoms with Crippen molar-refractivity contribution in [3.8, 4) is 0 Å². The normalized spacial score (nSPS) is 14.3. The average Bonchev–Trinajstić information content (AvgIpc) is 3.35. The summed E-state index contributed by atoms with van der Waals surface area (Å²) in [7, 11) is 0. The monoisotopic (exact) mass is 283 g/mol. The Balaban J connectivity index is 1.86. The molecule has 2 aromatic rings. The quantitative estimate of drug-likeness (QED) is 0.801. The zero-order chi connectivity index (χ0) is 14.7. The van der Waals surface area contributed by atoms with Gasteiger partial charge in [-0.05, 0) is 31.5 Å². The Kier molecular flexibility index (Phi) is 4.15. The Morgan fingerprint density at radius 3 is 2.86 bits per heavy atom. The number of fused-ring (bicyclic) bond motifs is 1. The molecular formula is C17H21N3O. The number of pyridine rings is 1. The molecule has 4 nitrogen and oxygen atoms in total. The highest BCUT2D eigenvalue weighted by Crippen LogP contribution is 2.40. The van der Waals surface area contributed by atoms with Gasteiger partial charge in [-0.25, -0.2) is 0 Å². The van der Waals surface area contributed by atoms with Gasteiger partial charge in [-0.1, -0.05) is 25.1 Å². The number of benzene rings is 1. The summed E-state index contributed by atoms with van der Waals surface area (Å²) in [5.74, 6) is 0.538. The maximum Gasteiger partial charge on any atom is 0.252 e. The predicted molar refractivity (Wildman–Crippen MR) is 84.6 cm³/mol. The van der Waals surface area contributed by atoms with E-state index < -0.39 is 0 Å².